The van der Waals surface area contributed by atoms with Crippen molar-refractivity contribution in [1.29, 1.82) is 0 Å². The van der Waals surface area contributed by atoms with Crippen molar-refractivity contribution in [1.82, 2.24) is 20.0 Å². The molecular weight excluding hydrogens is 423 g/mol. The fourth-order valence-electron chi connectivity index (χ4n) is 3.47. The van der Waals surface area contributed by atoms with Gasteiger partial charge in [0.2, 0.25) is 0 Å². The summed E-state index contributed by atoms with van der Waals surface area (Å²) in [7, 11) is 0. The van der Waals surface area contributed by atoms with Crippen LogP contribution in [0, 0.1) is 0 Å². The first-order valence-corrected chi connectivity index (χ1v) is 10.4. The number of rotatable bonds is 5. The number of nitrogens with zero attached hydrogens (tertiary/aromatic N) is 3. The molecule has 8 heteroatoms. The molecule has 2 amide bonds. The summed E-state index contributed by atoms with van der Waals surface area (Å²) in [6.07, 6.45) is 0. The van der Waals surface area contributed by atoms with Crippen molar-refractivity contribution in [2.45, 2.75) is 26.1 Å². The Morgan fingerprint density at radius 3 is 2.50 bits per heavy atom. The molecule has 0 spiro atoms. The van der Waals surface area contributed by atoms with Crippen molar-refractivity contribution in [2.24, 2.45) is 0 Å². The van der Waals surface area contributed by atoms with Gasteiger partial charge in [0.05, 0.1) is 12.6 Å². The van der Waals surface area contributed by atoms with Gasteiger partial charge in [0, 0.05) is 34.8 Å². The number of aromatic nitrogens is 2. The topological polar surface area (TPSA) is 67.2 Å². The van der Waals surface area contributed by atoms with Crippen molar-refractivity contribution in [3.8, 4) is 0 Å². The van der Waals surface area contributed by atoms with E-state index >= 15 is 0 Å². The van der Waals surface area contributed by atoms with Crippen molar-refractivity contribution >= 4 is 35.0 Å². The lowest BCUT2D eigenvalue weighted by atomic mass is 10.1. The minimum atomic E-state index is -0.318. The van der Waals surface area contributed by atoms with Crippen LogP contribution in [0.15, 0.2) is 54.6 Å². The number of carbonyl (C=O) groups excluding carboxylic acids is 2. The van der Waals surface area contributed by atoms with Gasteiger partial charge in [0.15, 0.2) is 5.69 Å². The summed E-state index contributed by atoms with van der Waals surface area (Å²) >= 11 is 12.5. The average Bonchev–Trinajstić information content (AvgIpc) is 3.18. The third kappa shape index (κ3) is 4.06. The highest BCUT2D eigenvalue weighted by Crippen LogP contribution is 2.27. The van der Waals surface area contributed by atoms with E-state index in [-0.39, 0.29) is 23.6 Å². The molecule has 1 aromatic heterocycles. The number of benzene rings is 2. The zero-order valence-corrected chi connectivity index (χ0v) is 17.8. The summed E-state index contributed by atoms with van der Waals surface area (Å²) < 4.78 is 1.58. The van der Waals surface area contributed by atoms with Crippen LogP contribution in [0.2, 0.25) is 10.0 Å². The molecule has 1 atom stereocenters. The summed E-state index contributed by atoms with van der Waals surface area (Å²) in [5.41, 5.74) is 2.30. The number of carbonyl (C=O) groups is 2. The van der Waals surface area contributed by atoms with Gasteiger partial charge in [-0.1, -0.05) is 59.6 Å². The summed E-state index contributed by atoms with van der Waals surface area (Å²) in [4.78, 5) is 27.3. The van der Waals surface area contributed by atoms with Gasteiger partial charge in [-0.25, -0.2) is 0 Å². The highest BCUT2D eigenvalue weighted by Gasteiger charge is 2.29. The average molecular weight is 443 g/mol. The summed E-state index contributed by atoms with van der Waals surface area (Å²) in [5.74, 6) is -0.526. The third-order valence-electron chi connectivity index (χ3n) is 5.16. The largest absolute Gasteiger partial charge is 0.344 e. The molecule has 30 heavy (non-hydrogen) atoms. The fraction of sp³-hybridized carbons (Fsp3) is 0.227. The SMILES string of the molecule is CC(NC(=O)c1cc2n(n1)CCN(Cc1c(Cl)cccc1Cl)C2=O)c1ccccc1. The molecule has 0 bridgehead atoms. The molecular formula is C22H20Cl2N4O2. The maximum Gasteiger partial charge on any atom is 0.272 e. The van der Waals surface area contributed by atoms with Gasteiger partial charge >= 0.3 is 0 Å². The van der Waals surface area contributed by atoms with E-state index in [4.69, 9.17) is 23.2 Å². The molecule has 0 aliphatic carbocycles. The van der Waals surface area contributed by atoms with E-state index < -0.39 is 0 Å². The van der Waals surface area contributed by atoms with E-state index in [9.17, 15) is 9.59 Å². The Labute approximate surface area is 184 Å². The molecule has 1 N–H and O–H groups in total. The maximum atomic E-state index is 13.0. The molecule has 154 valence electrons. The second-order valence-electron chi connectivity index (χ2n) is 7.17. The molecule has 1 aliphatic rings. The van der Waals surface area contributed by atoms with Gasteiger partial charge in [0.1, 0.15) is 5.69 Å². The number of fused-ring (bicyclic) bond motifs is 1. The monoisotopic (exact) mass is 442 g/mol. The standard InChI is InChI=1S/C22H20Cl2N4O2/c1-14(15-6-3-2-4-7-15)25-21(29)19-12-20-22(30)27(10-11-28(20)26-19)13-16-17(23)8-5-9-18(16)24/h2-9,12,14H,10-11,13H2,1H3,(H,25,29). The maximum absolute atomic E-state index is 13.0. The predicted molar refractivity (Wildman–Crippen MR) is 116 cm³/mol. The van der Waals surface area contributed by atoms with E-state index in [1.165, 1.54) is 6.07 Å². The molecule has 3 aromatic rings. The van der Waals surface area contributed by atoms with Gasteiger partial charge in [-0.2, -0.15) is 5.10 Å². The van der Waals surface area contributed by atoms with E-state index in [0.717, 1.165) is 5.56 Å². The van der Waals surface area contributed by atoms with E-state index in [2.05, 4.69) is 10.4 Å². The fourth-order valence-corrected chi connectivity index (χ4v) is 3.99. The summed E-state index contributed by atoms with van der Waals surface area (Å²) in [5, 5.41) is 8.29. The lowest BCUT2D eigenvalue weighted by Crippen LogP contribution is -2.39. The highest BCUT2D eigenvalue weighted by atomic mass is 35.5. The molecule has 1 aliphatic heterocycles. The van der Waals surface area contributed by atoms with Crippen molar-refractivity contribution < 1.29 is 9.59 Å². The number of nitrogens with one attached hydrogen (secondary N) is 1. The second-order valence-corrected chi connectivity index (χ2v) is 7.99. The van der Waals surface area contributed by atoms with Crippen LogP contribution in [0.4, 0.5) is 0 Å². The summed E-state index contributed by atoms with van der Waals surface area (Å²) in [6, 6.07) is 16.3. The smallest absolute Gasteiger partial charge is 0.272 e. The Balaban J connectivity index is 1.49. The van der Waals surface area contributed by atoms with Crippen LogP contribution >= 0.6 is 23.2 Å². The molecule has 4 rings (SSSR count). The Morgan fingerprint density at radius 2 is 1.80 bits per heavy atom. The van der Waals surface area contributed by atoms with Crippen LogP contribution in [-0.4, -0.2) is 33.0 Å². The number of hydrogen-bond donors (Lipinski definition) is 1. The highest BCUT2D eigenvalue weighted by molar-refractivity contribution is 6.36. The Morgan fingerprint density at radius 1 is 1.10 bits per heavy atom. The van der Waals surface area contributed by atoms with Crippen LogP contribution in [0.5, 0.6) is 0 Å². The van der Waals surface area contributed by atoms with Crippen LogP contribution in [0.1, 0.15) is 45.1 Å². The van der Waals surface area contributed by atoms with Crippen LogP contribution < -0.4 is 5.32 Å². The molecule has 0 saturated carbocycles. The minimum absolute atomic E-state index is 0.174. The second kappa shape index (κ2) is 8.50. The van der Waals surface area contributed by atoms with Gasteiger partial charge in [-0.15, -0.1) is 0 Å². The first-order chi connectivity index (χ1) is 14.4. The van der Waals surface area contributed by atoms with E-state index in [1.54, 1.807) is 27.8 Å². The van der Waals surface area contributed by atoms with Gasteiger partial charge in [-0.3, -0.25) is 14.3 Å². The first-order valence-electron chi connectivity index (χ1n) is 9.60. The van der Waals surface area contributed by atoms with Crippen LogP contribution in [0.25, 0.3) is 0 Å². The third-order valence-corrected chi connectivity index (χ3v) is 5.87. The lowest BCUT2D eigenvalue weighted by molar-refractivity contribution is 0.0683. The lowest BCUT2D eigenvalue weighted by Gasteiger charge is -2.28. The Hall–Kier alpha value is -2.83. The molecule has 0 fully saturated rings. The van der Waals surface area contributed by atoms with Crippen molar-refractivity contribution in [3.05, 3.63) is 87.2 Å². The Bertz CT molecular complexity index is 1080. The molecule has 1 unspecified atom stereocenters. The van der Waals surface area contributed by atoms with Crippen molar-refractivity contribution in [3.63, 3.8) is 0 Å². The van der Waals surface area contributed by atoms with Gasteiger partial charge in [-0.05, 0) is 24.6 Å². The molecule has 0 radical (unpaired) electrons. The number of hydrogen-bond acceptors (Lipinski definition) is 3. The predicted octanol–water partition coefficient (Wildman–Crippen LogP) is 4.34. The quantitative estimate of drug-likeness (QED) is 0.638. The van der Waals surface area contributed by atoms with Crippen LogP contribution in [-0.2, 0) is 13.1 Å². The zero-order valence-electron chi connectivity index (χ0n) is 16.3. The first kappa shape index (κ1) is 20.4. The van der Waals surface area contributed by atoms with Crippen LogP contribution in [0.3, 0.4) is 0 Å². The molecule has 6 nitrogen and oxygen atoms in total. The summed E-state index contributed by atoms with van der Waals surface area (Å²) in [6.45, 7) is 3.15. The minimum Gasteiger partial charge on any atom is -0.344 e. The molecule has 2 heterocycles. The number of halogens is 2. The number of amides is 2. The van der Waals surface area contributed by atoms with E-state index in [1.807, 2.05) is 37.3 Å². The Kier molecular flexibility index (Phi) is 5.79. The van der Waals surface area contributed by atoms with Gasteiger partial charge < -0.3 is 10.2 Å². The van der Waals surface area contributed by atoms with Crippen molar-refractivity contribution in [2.75, 3.05) is 6.54 Å². The van der Waals surface area contributed by atoms with E-state index in [0.29, 0.717) is 40.9 Å². The normalized spacial score (nSPS) is 14.4. The molecule has 2 aromatic carbocycles. The zero-order chi connectivity index (χ0) is 21.3. The van der Waals surface area contributed by atoms with Gasteiger partial charge in [0.25, 0.3) is 11.8 Å². The molecule has 0 saturated heterocycles.